The molecule has 14 nitrogen and oxygen atoms in total. The van der Waals surface area contributed by atoms with Crippen molar-refractivity contribution in [2.45, 2.75) is 192 Å². The van der Waals surface area contributed by atoms with E-state index in [1.807, 2.05) is 19.9 Å². The van der Waals surface area contributed by atoms with Gasteiger partial charge in [-0.05, 0) is 86.6 Å². The average molecular weight is 731 g/mol. The van der Waals surface area contributed by atoms with Crippen LogP contribution in [0.1, 0.15) is 108 Å². The van der Waals surface area contributed by atoms with Gasteiger partial charge in [0.2, 0.25) is 0 Å². The predicted molar refractivity (Wildman–Crippen MR) is 186 cm³/mol. The van der Waals surface area contributed by atoms with E-state index in [2.05, 4.69) is 5.32 Å². The van der Waals surface area contributed by atoms with Crippen molar-refractivity contribution < 1.29 is 58.7 Å². The van der Waals surface area contributed by atoms with Crippen LogP contribution < -0.4 is 5.32 Å². The highest BCUT2D eigenvalue weighted by atomic mass is 16.7. The van der Waals surface area contributed by atoms with E-state index in [4.69, 9.17) is 28.4 Å². The fourth-order valence-electron chi connectivity index (χ4n) is 8.27. The quantitative estimate of drug-likeness (QED) is 0.208. The Morgan fingerprint density at radius 2 is 1.63 bits per heavy atom. The van der Waals surface area contributed by atoms with Gasteiger partial charge in [0.1, 0.15) is 35.1 Å². The normalized spacial score (nSPS) is 49.6. The molecule has 0 saturated carbocycles. The number of aliphatic hydroxyl groups is 5. The van der Waals surface area contributed by atoms with Crippen molar-refractivity contribution in [1.29, 1.82) is 5.26 Å². The summed E-state index contributed by atoms with van der Waals surface area (Å²) in [5, 5.41) is 70.5. The molecule has 0 aromatic rings. The summed E-state index contributed by atoms with van der Waals surface area (Å²) in [5.74, 6) is -2.72. The smallest absolute Gasteiger partial charge is 0.311 e. The number of aliphatic hydroxyl groups excluding tert-OH is 2. The van der Waals surface area contributed by atoms with Crippen molar-refractivity contribution in [2.75, 3.05) is 13.7 Å². The van der Waals surface area contributed by atoms with Crippen molar-refractivity contribution >= 4 is 5.97 Å². The lowest BCUT2D eigenvalue weighted by molar-refractivity contribution is -0.335. The molecule has 17 atom stereocenters. The molecule has 0 aromatic heterocycles. The highest BCUT2D eigenvalue weighted by Gasteiger charge is 2.58. The number of ether oxygens (including phenoxy) is 6. The van der Waals surface area contributed by atoms with Gasteiger partial charge in [-0.25, -0.2) is 0 Å². The second-order valence-electron chi connectivity index (χ2n) is 16.2. The first kappa shape index (κ1) is 43.9. The van der Waals surface area contributed by atoms with Gasteiger partial charge in [-0.1, -0.05) is 20.8 Å². The Kier molecular flexibility index (Phi) is 14.9. The summed E-state index contributed by atoms with van der Waals surface area (Å²) < 4.78 is 37.2. The maximum atomic E-state index is 14.1. The maximum absolute atomic E-state index is 14.1. The molecule has 0 unspecified atom stereocenters. The molecule has 6 N–H and O–H groups in total. The summed E-state index contributed by atoms with van der Waals surface area (Å²) in [7, 11) is 1.43. The van der Waals surface area contributed by atoms with Crippen LogP contribution in [0.5, 0.6) is 0 Å². The number of carbonyl (C=O) groups excluding carboxylic acids is 1. The minimum atomic E-state index is -1.82. The first-order chi connectivity index (χ1) is 23.6. The van der Waals surface area contributed by atoms with Gasteiger partial charge in [0.15, 0.2) is 12.6 Å². The second-order valence-corrected chi connectivity index (χ2v) is 16.2. The van der Waals surface area contributed by atoms with Crippen LogP contribution in [0.4, 0.5) is 0 Å². The lowest BCUT2D eigenvalue weighted by Gasteiger charge is -2.53. The van der Waals surface area contributed by atoms with Crippen LogP contribution in [0.2, 0.25) is 0 Å². The van der Waals surface area contributed by atoms with E-state index in [0.29, 0.717) is 19.4 Å². The molecule has 3 aliphatic heterocycles. The first-order valence-electron chi connectivity index (χ1n) is 18.6. The number of carbonyl (C=O) groups is 1. The van der Waals surface area contributed by atoms with Crippen molar-refractivity contribution in [3.05, 3.63) is 0 Å². The Morgan fingerprint density at radius 1 is 0.980 bits per heavy atom. The fourth-order valence-corrected chi connectivity index (χ4v) is 8.27. The van der Waals surface area contributed by atoms with E-state index < -0.39 is 95.5 Å². The molecule has 3 saturated heterocycles. The maximum Gasteiger partial charge on any atom is 0.311 e. The summed E-state index contributed by atoms with van der Waals surface area (Å²) >= 11 is 0. The van der Waals surface area contributed by atoms with Gasteiger partial charge >= 0.3 is 5.97 Å². The molecule has 3 aliphatic rings. The predicted octanol–water partition coefficient (Wildman–Crippen LogP) is 2.30. The zero-order valence-corrected chi connectivity index (χ0v) is 32.5. The number of esters is 1. The molecule has 3 rings (SSSR count). The number of nitriles is 1. The third-order valence-electron chi connectivity index (χ3n) is 11.8. The van der Waals surface area contributed by atoms with Gasteiger partial charge in [0, 0.05) is 25.5 Å². The van der Waals surface area contributed by atoms with Crippen LogP contribution in [0.25, 0.3) is 0 Å². The van der Waals surface area contributed by atoms with E-state index in [1.165, 1.54) is 14.0 Å². The first-order valence-corrected chi connectivity index (χ1v) is 18.6. The fraction of sp³-hybridized carbons (Fsp3) is 0.946. The third-order valence-corrected chi connectivity index (χ3v) is 11.8. The van der Waals surface area contributed by atoms with Crippen molar-refractivity contribution in [1.82, 2.24) is 5.32 Å². The Labute approximate surface area is 304 Å². The molecule has 3 heterocycles. The van der Waals surface area contributed by atoms with Crippen molar-refractivity contribution in [2.24, 2.45) is 17.8 Å². The zero-order chi connectivity index (χ0) is 38.7. The van der Waals surface area contributed by atoms with E-state index in [0.717, 1.165) is 0 Å². The Morgan fingerprint density at radius 3 is 2.22 bits per heavy atom. The SMILES string of the molecule is CC[C@H]1OC(=O)[C@H](C)[C@@H](O[C@H]2C[C@@](C)(OC)[C@](O)(CC#N)[C@H](C)O2)[C@H](C)[C@@H](O[C@@H]2O[C@H](C)CC[C@H]2O)[C@](C)(O)C[C@@H](C)CN[C@H](C)[C@@H](O)[C@]1(C)O. The van der Waals surface area contributed by atoms with Crippen LogP contribution in [-0.4, -0.2) is 129 Å². The van der Waals surface area contributed by atoms with Crippen LogP contribution in [0.15, 0.2) is 0 Å². The minimum Gasteiger partial charge on any atom is -0.459 e. The molecule has 14 heteroatoms. The van der Waals surface area contributed by atoms with E-state index in [9.17, 15) is 35.6 Å². The number of hydrogen-bond acceptors (Lipinski definition) is 14. The second kappa shape index (κ2) is 17.3. The summed E-state index contributed by atoms with van der Waals surface area (Å²) in [6.07, 6.45) is -7.52. The Bertz CT molecular complexity index is 1180. The molecule has 0 aliphatic carbocycles. The van der Waals surface area contributed by atoms with E-state index in [-0.39, 0.29) is 37.7 Å². The highest BCUT2D eigenvalue weighted by molar-refractivity contribution is 5.73. The van der Waals surface area contributed by atoms with Crippen LogP contribution in [0, 0.1) is 29.1 Å². The largest absolute Gasteiger partial charge is 0.459 e. The third kappa shape index (κ3) is 9.61. The standard InChI is InChI=1S/C37H66N2O12/c1-12-27-36(10,44)30(41)24(6)39-19-20(2)17-34(8,43)31(51-33-26(40)14-13-21(3)47-33)22(4)29(23(5)32(42)49-27)50-28-18-35(9,46-11)37(45,15-16-38)25(7)48-28/h20-31,33,39-41,43-45H,12-15,17-19H2,1-11H3/t20-,21-,22+,23-,24-,25+,26-,27-,28+,29+,30-,31-,33+,34-,35-,36-,37+/m1/s1. The molecule has 296 valence electrons. The van der Waals surface area contributed by atoms with Crippen LogP contribution in [-0.2, 0) is 33.2 Å². The summed E-state index contributed by atoms with van der Waals surface area (Å²) in [4.78, 5) is 14.1. The van der Waals surface area contributed by atoms with E-state index >= 15 is 0 Å². The molecular formula is C37H66N2O12. The number of nitrogens with one attached hydrogen (secondary N) is 1. The molecular weight excluding hydrogens is 664 g/mol. The van der Waals surface area contributed by atoms with Gasteiger partial charge in [0.25, 0.3) is 0 Å². The van der Waals surface area contributed by atoms with Crippen LogP contribution >= 0.6 is 0 Å². The molecule has 0 radical (unpaired) electrons. The van der Waals surface area contributed by atoms with Gasteiger partial charge in [-0.3, -0.25) is 4.79 Å². The van der Waals surface area contributed by atoms with Crippen LogP contribution in [0.3, 0.4) is 0 Å². The Balaban J connectivity index is 2.14. The number of nitrogens with zero attached hydrogens (tertiary/aromatic N) is 1. The molecule has 3 fully saturated rings. The zero-order valence-electron chi connectivity index (χ0n) is 32.5. The lowest BCUT2D eigenvalue weighted by Crippen LogP contribution is -2.66. The number of hydrogen-bond donors (Lipinski definition) is 6. The van der Waals surface area contributed by atoms with Gasteiger partial charge < -0.3 is 59.3 Å². The molecule has 0 spiro atoms. The molecule has 0 amide bonds. The van der Waals surface area contributed by atoms with Gasteiger partial charge in [-0.15, -0.1) is 0 Å². The molecule has 51 heavy (non-hydrogen) atoms. The average Bonchev–Trinajstić information content (AvgIpc) is 3.06. The lowest BCUT2D eigenvalue weighted by atomic mass is 9.73. The number of rotatable bonds is 7. The van der Waals surface area contributed by atoms with Gasteiger partial charge in [0.05, 0.1) is 48.4 Å². The Hall–Kier alpha value is -1.48. The summed E-state index contributed by atoms with van der Waals surface area (Å²) in [6.45, 7) is 17.4. The number of cyclic esters (lactones) is 1. The highest BCUT2D eigenvalue weighted by Crippen LogP contribution is 2.44. The molecule has 0 bridgehead atoms. The minimum absolute atomic E-state index is 0.0139. The van der Waals surface area contributed by atoms with Crippen molar-refractivity contribution in [3.63, 3.8) is 0 Å². The monoisotopic (exact) mass is 730 g/mol. The van der Waals surface area contributed by atoms with Crippen molar-refractivity contribution in [3.8, 4) is 6.07 Å². The molecule has 0 aromatic carbocycles. The summed E-state index contributed by atoms with van der Waals surface area (Å²) in [6, 6.07) is 1.42. The topological polar surface area (TPSA) is 209 Å². The summed E-state index contributed by atoms with van der Waals surface area (Å²) in [5.41, 5.74) is -6.34. The van der Waals surface area contributed by atoms with Gasteiger partial charge in [-0.2, -0.15) is 5.26 Å². The number of methoxy groups -OCH3 is 1. The van der Waals surface area contributed by atoms with E-state index in [1.54, 1.807) is 48.5 Å².